The van der Waals surface area contributed by atoms with Crippen molar-refractivity contribution < 1.29 is 35.7 Å². The zero-order valence-electron chi connectivity index (χ0n) is 18.8. The van der Waals surface area contributed by atoms with E-state index in [1.165, 1.54) is 30.7 Å². The van der Waals surface area contributed by atoms with Crippen LogP contribution in [0, 0.1) is 5.92 Å². The van der Waals surface area contributed by atoms with Gasteiger partial charge in [-0.2, -0.15) is 36.4 Å². The zero-order valence-corrected chi connectivity index (χ0v) is 19.6. The standard InChI is InChI=1S/C21H14F6N8O2S/c22-20(23,24)12-8-34(9-12)18(36)11-5-15(32-30-6-11)35(16-7-28-3-4-29-16)10-13-1-2-14(38-13)17-31-19(37-33-17)21(25,26)27/h1-7,12H,8-10H2. The lowest BCUT2D eigenvalue weighted by molar-refractivity contribution is -0.202. The molecular formula is C21H14F6N8O2S. The van der Waals surface area contributed by atoms with Gasteiger partial charge in [-0.3, -0.25) is 9.78 Å². The lowest BCUT2D eigenvalue weighted by Crippen LogP contribution is -2.55. The van der Waals surface area contributed by atoms with Crippen LogP contribution in [0.1, 0.15) is 21.1 Å². The molecule has 0 spiro atoms. The lowest BCUT2D eigenvalue weighted by atomic mass is 9.98. The van der Waals surface area contributed by atoms with Crippen LogP contribution < -0.4 is 4.90 Å². The molecule has 0 bridgehead atoms. The SMILES string of the molecule is O=C(c1cnnc(N(Cc2ccc(-c3noc(C(F)(F)F)n3)s2)c2cnccn2)c1)N1CC(C(F)(F)F)C1. The van der Waals surface area contributed by atoms with E-state index in [0.717, 1.165) is 22.4 Å². The van der Waals surface area contributed by atoms with E-state index in [1.54, 1.807) is 11.0 Å². The van der Waals surface area contributed by atoms with Crippen molar-refractivity contribution in [3.63, 3.8) is 0 Å². The topological polar surface area (TPSA) is 114 Å². The average Bonchev–Trinajstić information content (AvgIpc) is 3.51. The first-order valence-corrected chi connectivity index (χ1v) is 11.5. The molecule has 4 aromatic heterocycles. The van der Waals surface area contributed by atoms with Crippen LogP contribution in [0.2, 0.25) is 0 Å². The minimum atomic E-state index is -4.78. The summed E-state index contributed by atoms with van der Waals surface area (Å²) >= 11 is 1.09. The van der Waals surface area contributed by atoms with Crippen molar-refractivity contribution in [1.82, 2.24) is 35.2 Å². The number of hydrogen-bond acceptors (Lipinski definition) is 10. The van der Waals surface area contributed by atoms with Crippen molar-refractivity contribution in [2.24, 2.45) is 5.92 Å². The third-order valence-corrected chi connectivity index (χ3v) is 6.55. The van der Waals surface area contributed by atoms with E-state index in [9.17, 15) is 31.1 Å². The number of anilines is 2. The van der Waals surface area contributed by atoms with Crippen LogP contribution in [-0.2, 0) is 12.7 Å². The first kappa shape index (κ1) is 25.5. The van der Waals surface area contributed by atoms with Crippen LogP contribution in [-0.4, -0.2) is 60.4 Å². The van der Waals surface area contributed by atoms with Gasteiger partial charge in [0.05, 0.1) is 35.3 Å². The van der Waals surface area contributed by atoms with E-state index in [1.807, 2.05) is 0 Å². The lowest BCUT2D eigenvalue weighted by Gasteiger charge is -2.40. The highest BCUT2D eigenvalue weighted by Gasteiger charge is 2.48. The molecular weight excluding hydrogens is 542 g/mol. The summed E-state index contributed by atoms with van der Waals surface area (Å²) in [4.78, 5) is 27.9. The van der Waals surface area contributed by atoms with Gasteiger partial charge >= 0.3 is 18.2 Å². The van der Waals surface area contributed by atoms with E-state index >= 15 is 0 Å². The Balaban J connectivity index is 1.39. The Morgan fingerprint density at radius 1 is 1.11 bits per heavy atom. The van der Waals surface area contributed by atoms with E-state index in [4.69, 9.17) is 0 Å². The van der Waals surface area contributed by atoms with Crippen LogP contribution in [0.25, 0.3) is 10.7 Å². The van der Waals surface area contributed by atoms with Crippen molar-refractivity contribution in [2.45, 2.75) is 18.9 Å². The predicted octanol–water partition coefficient (Wildman–Crippen LogP) is 4.37. The Morgan fingerprint density at radius 3 is 2.55 bits per heavy atom. The highest BCUT2D eigenvalue weighted by atomic mass is 32.1. The monoisotopic (exact) mass is 556 g/mol. The summed E-state index contributed by atoms with van der Waals surface area (Å²) in [7, 11) is 0. The summed E-state index contributed by atoms with van der Waals surface area (Å²) in [5.74, 6) is -3.45. The number of thiophene rings is 1. The maximum atomic E-state index is 12.8. The number of aromatic nitrogens is 6. The van der Waals surface area contributed by atoms with Gasteiger partial charge in [0.25, 0.3) is 5.91 Å². The molecule has 0 N–H and O–H groups in total. The molecule has 5 heterocycles. The highest BCUT2D eigenvalue weighted by molar-refractivity contribution is 7.15. The molecule has 1 fully saturated rings. The fourth-order valence-electron chi connectivity index (χ4n) is 3.53. The van der Waals surface area contributed by atoms with E-state index < -0.39 is 43.2 Å². The summed E-state index contributed by atoms with van der Waals surface area (Å²) in [6.07, 6.45) is -3.73. The number of carbonyl (C=O) groups excluding carboxylic acids is 1. The van der Waals surface area contributed by atoms with Gasteiger partial charge in [-0.1, -0.05) is 5.16 Å². The van der Waals surface area contributed by atoms with Crippen molar-refractivity contribution in [3.8, 4) is 10.7 Å². The van der Waals surface area contributed by atoms with Crippen LogP contribution >= 0.6 is 11.3 Å². The van der Waals surface area contributed by atoms with Gasteiger partial charge in [0, 0.05) is 30.4 Å². The first-order chi connectivity index (χ1) is 18.0. The second kappa shape index (κ2) is 9.62. The number of rotatable bonds is 6. The van der Waals surface area contributed by atoms with Gasteiger partial charge in [0.1, 0.15) is 0 Å². The smallest absolute Gasteiger partial charge is 0.337 e. The molecule has 1 aliphatic rings. The summed E-state index contributed by atoms with van der Waals surface area (Å²) in [6, 6.07) is 4.52. The minimum Gasteiger partial charge on any atom is -0.337 e. The molecule has 1 saturated heterocycles. The van der Waals surface area contributed by atoms with Crippen LogP contribution in [0.15, 0.2) is 47.5 Å². The maximum Gasteiger partial charge on any atom is 0.471 e. The minimum absolute atomic E-state index is 0.0304. The Kier molecular flexibility index (Phi) is 6.46. The van der Waals surface area contributed by atoms with E-state index in [2.05, 4.69) is 34.8 Å². The second-order valence-corrected chi connectivity index (χ2v) is 9.26. The molecule has 0 unspecified atom stereocenters. The van der Waals surface area contributed by atoms with Gasteiger partial charge in [-0.15, -0.1) is 16.4 Å². The summed E-state index contributed by atoms with van der Waals surface area (Å²) in [5.41, 5.74) is 0.0304. The van der Waals surface area contributed by atoms with Crippen molar-refractivity contribution >= 4 is 28.9 Å². The zero-order chi connectivity index (χ0) is 27.1. The van der Waals surface area contributed by atoms with E-state index in [0.29, 0.717) is 15.6 Å². The van der Waals surface area contributed by atoms with Gasteiger partial charge in [0.15, 0.2) is 11.6 Å². The molecule has 0 radical (unpaired) electrons. The van der Waals surface area contributed by atoms with Crippen LogP contribution in [0.5, 0.6) is 0 Å². The third kappa shape index (κ3) is 5.27. The predicted molar refractivity (Wildman–Crippen MR) is 118 cm³/mol. The molecule has 1 amide bonds. The van der Waals surface area contributed by atoms with Crippen LogP contribution in [0.4, 0.5) is 38.0 Å². The molecule has 0 aliphatic carbocycles. The molecule has 0 atom stereocenters. The second-order valence-electron chi connectivity index (χ2n) is 8.09. The Hall–Kier alpha value is -4.15. The Labute approximate surface area is 212 Å². The van der Waals surface area contributed by atoms with E-state index in [-0.39, 0.29) is 23.8 Å². The fraction of sp³-hybridized carbons (Fsp3) is 0.286. The molecule has 17 heteroatoms. The summed E-state index contributed by atoms with van der Waals surface area (Å²) < 4.78 is 81.2. The Morgan fingerprint density at radius 2 is 1.89 bits per heavy atom. The number of alkyl halides is 6. The normalized spacial score (nSPS) is 14.4. The number of hydrogen-bond donors (Lipinski definition) is 0. The average molecular weight is 556 g/mol. The number of amides is 1. The highest BCUT2D eigenvalue weighted by Crippen LogP contribution is 2.35. The molecule has 38 heavy (non-hydrogen) atoms. The molecule has 10 nitrogen and oxygen atoms in total. The van der Waals surface area contributed by atoms with Crippen LogP contribution in [0.3, 0.4) is 0 Å². The molecule has 1 aliphatic heterocycles. The number of carbonyl (C=O) groups is 1. The van der Waals surface area contributed by atoms with Gasteiger partial charge in [-0.25, -0.2) is 4.98 Å². The quantitative estimate of drug-likeness (QED) is 0.320. The van der Waals surface area contributed by atoms with Crippen molar-refractivity contribution in [3.05, 3.63) is 59.3 Å². The molecule has 5 rings (SSSR count). The number of halogens is 6. The molecule has 4 aromatic rings. The summed E-state index contributed by atoms with van der Waals surface area (Å²) in [6.45, 7) is -0.810. The number of nitrogens with zero attached hydrogens (tertiary/aromatic N) is 8. The fourth-order valence-corrected chi connectivity index (χ4v) is 4.45. The molecule has 0 aromatic carbocycles. The molecule has 0 saturated carbocycles. The van der Waals surface area contributed by atoms with Crippen molar-refractivity contribution in [1.29, 1.82) is 0 Å². The maximum absolute atomic E-state index is 12.8. The molecule has 198 valence electrons. The van der Waals surface area contributed by atoms with Crippen molar-refractivity contribution in [2.75, 3.05) is 18.0 Å². The number of likely N-dealkylation sites (tertiary alicyclic amines) is 1. The van der Waals surface area contributed by atoms with Gasteiger partial charge < -0.3 is 14.3 Å². The largest absolute Gasteiger partial charge is 0.471 e. The Bertz CT molecular complexity index is 1440. The van der Waals surface area contributed by atoms with Gasteiger partial charge in [0.2, 0.25) is 5.82 Å². The summed E-state index contributed by atoms with van der Waals surface area (Å²) in [5, 5.41) is 11.3. The van der Waals surface area contributed by atoms with Gasteiger partial charge in [-0.05, 0) is 18.2 Å². The first-order valence-electron chi connectivity index (χ1n) is 10.7. The third-order valence-electron chi connectivity index (χ3n) is 5.49.